The number of halogens is 3. The second-order valence-electron chi connectivity index (χ2n) is 12.7. The Kier molecular flexibility index (Phi) is 6.76. The molecular formula is C34H33F3N6O2. The minimum Gasteiger partial charge on any atom is -0.508 e. The third-order valence-corrected chi connectivity index (χ3v) is 10.3. The lowest BCUT2D eigenvalue weighted by Gasteiger charge is -2.36. The van der Waals surface area contributed by atoms with Crippen molar-refractivity contribution < 1.29 is 23.0 Å². The largest absolute Gasteiger partial charge is 0.508 e. The van der Waals surface area contributed by atoms with Crippen molar-refractivity contribution in [2.24, 2.45) is 0 Å². The number of aromatic hydroxyl groups is 1. The van der Waals surface area contributed by atoms with E-state index in [1.165, 1.54) is 24.3 Å². The van der Waals surface area contributed by atoms with Crippen molar-refractivity contribution in [1.82, 2.24) is 25.2 Å². The Morgan fingerprint density at radius 3 is 2.84 bits per heavy atom. The number of aryl methyl sites for hydroxylation is 1. The van der Waals surface area contributed by atoms with Gasteiger partial charge in [-0.3, -0.25) is 4.90 Å². The zero-order chi connectivity index (χ0) is 30.9. The monoisotopic (exact) mass is 614 g/mol. The summed E-state index contributed by atoms with van der Waals surface area (Å²) in [6.07, 6.45) is 10.5. The first-order chi connectivity index (χ1) is 21.9. The number of alkyl halides is 1. The highest BCUT2D eigenvalue weighted by Gasteiger charge is 2.50. The number of phenolic OH excluding ortho intramolecular Hbond substituents is 1. The van der Waals surface area contributed by atoms with Gasteiger partial charge in [-0.2, -0.15) is 9.97 Å². The van der Waals surface area contributed by atoms with E-state index in [1.54, 1.807) is 0 Å². The van der Waals surface area contributed by atoms with Crippen LogP contribution in [0.2, 0.25) is 0 Å². The third kappa shape index (κ3) is 4.41. The normalized spacial score (nSPS) is 24.4. The number of ether oxygens (including phenoxy) is 1. The van der Waals surface area contributed by atoms with Crippen molar-refractivity contribution in [3.63, 3.8) is 0 Å². The molecule has 8 nitrogen and oxygen atoms in total. The van der Waals surface area contributed by atoms with Gasteiger partial charge < -0.3 is 20.1 Å². The van der Waals surface area contributed by atoms with E-state index in [9.17, 15) is 13.9 Å². The van der Waals surface area contributed by atoms with Crippen molar-refractivity contribution in [2.75, 3.05) is 44.4 Å². The van der Waals surface area contributed by atoms with Crippen LogP contribution in [0.5, 0.6) is 11.8 Å². The lowest BCUT2D eigenvalue weighted by molar-refractivity contribution is 0.0772. The molecule has 6 heterocycles. The van der Waals surface area contributed by atoms with E-state index in [4.69, 9.17) is 21.1 Å². The maximum absolute atomic E-state index is 16.9. The Morgan fingerprint density at radius 2 is 2.00 bits per heavy atom. The standard InChI is InChI=1S/C34H33F3N6O2/c1-2-23-25(36)6-4-19-14-22(44)15-24(27(19)23)30-29(37)31-28-26(39-30)7-5-21-17-38-11-13-42(21)32(28)41-33(40-31)45-18-34-9-3-12-43(34)20(16-35)8-10-34/h1,4,6,14-15,20-21,38,44H,3,5,7-13,16-18H2/t20-,21+,34-/m0/s1. The van der Waals surface area contributed by atoms with Crippen LogP contribution < -0.4 is 15.0 Å². The van der Waals surface area contributed by atoms with E-state index in [0.717, 1.165) is 51.7 Å². The van der Waals surface area contributed by atoms with Gasteiger partial charge in [-0.1, -0.05) is 12.0 Å². The molecule has 0 radical (unpaired) electrons. The lowest BCUT2D eigenvalue weighted by atomic mass is 9.95. The third-order valence-electron chi connectivity index (χ3n) is 10.3. The molecule has 45 heavy (non-hydrogen) atoms. The fourth-order valence-corrected chi connectivity index (χ4v) is 8.17. The van der Waals surface area contributed by atoms with Crippen molar-refractivity contribution in [3.05, 3.63) is 47.2 Å². The Hall–Kier alpha value is -4.14. The van der Waals surface area contributed by atoms with Crippen LogP contribution in [0.1, 0.15) is 43.4 Å². The van der Waals surface area contributed by atoms with Gasteiger partial charge in [0.05, 0.1) is 22.2 Å². The summed E-state index contributed by atoms with van der Waals surface area (Å²) >= 11 is 0. The van der Waals surface area contributed by atoms with Crippen molar-refractivity contribution in [2.45, 2.75) is 56.1 Å². The molecule has 3 saturated heterocycles. The molecule has 0 saturated carbocycles. The van der Waals surface area contributed by atoms with Crippen LogP contribution in [0.25, 0.3) is 32.9 Å². The minimum absolute atomic E-state index is 0.0335. The molecule has 4 aliphatic rings. The van der Waals surface area contributed by atoms with Crippen molar-refractivity contribution in [3.8, 4) is 35.4 Å². The molecule has 0 aliphatic carbocycles. The number of anilines is 1. The molecule has 3 fully saturated rings. The molecule has 0 spiro atoms. The first-order valence-corrected chi connectivity index (χ1v) is 15.7. The highest BCUT2D eigenvalue weighted by molar-refractivity contribution is 6.03. The number of benzene rings is 2. The molecule has 232 valence electrons. The number of pyridine rings is 1. The number of nitrogens with zero attached hydrogens (tertiary/aromatic N) is 5. The summed E-state index contributed by atoms with van der Waals surface area (Å²) in [6, 6.07) is 5.62. The zero-order valence-electron chi connectivity index (χ0n) is 24.8. The molecule has 8 rings (SSSR count). The Morgan fingerprint density at radius 1 is 1.11 bits per heavy atom. The number of fused-ring (bicyclic) bond motifs is 4. The van der Waals surface area contributed by atoms with Crippen LogP contribution in [0.4, 0.5) is 19.0 Å². The van der Waals surface area contributed by atoms with E-state index in [1.807, 2.05) is 0 Å². The molecular weight excluding hydrogens is 581 g/mol. The number of nitrogens with one attached hydrogen (secondary N) is 1. The van der Waals surface area contributed by atoms with E-state index in [2.05, 4.69) is 26.0 Å². The van der Waals surface area contributed by atoms with Crippen LogP contribution in [-0.4, -0.2) is 82.0 Å². The van der Waals surface area contributed by atoms with Gasteiger partial charge in [0.2, 0.25) is 0 Å². The smallest absolute Gasteiger partial charge is 0.319 e. The maximum Gasteiger partial charge on any atom is 0.319 e. The van der Waals surface area contributed by atoms with Crippen molar-refractivity contribution in [1.29, 1.82) is 0 Å². The minimum atomic E-state index is -0.728. The van der Waals surface area contributed by atoms with Gasteiger partial charge >= 0.3 is 6.01 Å². The number of hydrogen-bond acceptors (Lipinski definition) is 8. The molecule has 0 unspecified atom stereocenters. The second-order valence-corrected chi connectivity index (χ2v) is 12.7. The molecule has 2 aromatic heterocycles. The summed E-state index contributed by atoms with van der Waals surface area (Å²) in [4.78, 5) is 18.8. The average molecular weight is 615 g/mol. The summed E-state index contributed by atoms with van der Waals surface area (Å²) < 4.78 is 52.0. The molecule has 3 atom stereocenters. The van der Waals surface area contributed by atoms with Crippen LogP contribution >= 0.6 is 0 Å². The summed E-state index contributed by atoms with van der Waals surface area (Å²) in [5.41, 5.74) is 0.463. The molecule has 2 N–H and O–H groups in total. The number of terminal acetylenes is 1. The molecule has 0 amide bonds. The van der Waals surface area contributed by atoms with Gasteiger partial charge in [0.25, 0.3) is 0 Å². The van der Waals surface area contributed by atoms with E-state index in [-0.39, 0.29) is 65.0 Å². The molecule has 11 heteroatoms. The van der Waals surface area contributed by atoms with Gasteiger partial charge in [-0.05, 0) is 68.7 Å². The van der Waals surface area contributed by atoms with Gasteiger partial charge in [0, 0.05) is 42.7 Å². The SMILES string of the molecule is C#Cc1c(F)ccc2cc(O)cc(-c3nc4c5c(nc(OC[C@@]67CCCN6[C@H](CF)CC7)nc5c3F)N3CCNC[C@H]3CC4)c12. The van der Waals surface area contributed by atoms with Gasteiger partial charge in [-0.15, -0.1) is 6.42 Å². The summed E-state index contributed by atoms with van der Waals surface area (Å²) in [7, 11) is 0. The van der Waals surface area contributed by atoms with E-state index < -0.39 is 11.6 Å². The highest BCUT2D eigenvalue weighted by atomic mass is 19.1. The molecule has 0 bridgehead atoms. The van der Waals surface area contributed by atoms with Gasteiger partial charge in [0.1, 0.15) is 41.9 Å². The predicted octanol–water partition coefficient (Wildman–Crippen LogP) is 4.88. The zero-order valence-corrected chi connectivity index (χ0v) is 24.8. The Labute approximate surface area is 258 Å². The maximum atomic E-state index is 16.9. The average Bonchev–Trinajstić information content (AvgIpc) is 3.57. The highest BCUT2D eigenvalue weighted by Crippen LogP contribution is 2.44. The topological polar surface area (TPSA) is 86.6 Å². The van der Waals surface area contributed by atoms with Crippen LogP contribution in [0, 0.1) is 24.0 Å². The lowest BCUT2D eigenvalue weighted by Crippen LogP contribution is -2.51. The predicted molar refractivity (Wildman–Crippen MR) is 165 cm³/mol. The Bertz CT molecular complexity index is 1900. The Balaban J connectivity index is 1.32. The van der Waals surface area contributed by atoms with Crippen molar-refractivity contribution >= 4 is 27.5 Å². The molecule has 4 aliphatic heterocycles. The van der Waals surface area contributed by atoms with Crippen LogP contribution in [-0.2, 0) is 6.42 Å². The van der Waals surface area contributed by atoms with Gasteiger partial charge in [0.15, 0.2) is 5.82 Å². The second kappa shape index (κ2) is 10.7. The van der Waals surface area contributed by atoms with E-state index in [0.29, 0.717) is 40.6 Å². The van der Waals surface area contributed by atoms with Gasteiger partial charge in [-0.25, -0.2) is 18.2 Å². The molecule has 4 aromatic rings. The number of rotatable bonds is 5. The fraction of sp³-hybridized carbons (Fsp3) is 0.441. The quantitative estimate of drug-likeness (QED) is 0.308. The first-order valence-electron chi connectivity index (χ1n) is 15.7. The number of piperazine rings is 1. The van der Waals surface area contributed by atoms with Crippen LogP contribution in [0.15, 0.2) is 24.3 Å². The van der Waals surface area contributed by atoms with Crippen LogP contribution in [0.3, 0.4) is 0 Å². The first kappa shape index (κ1) is 28.3. The number of hydrogen-bond donors (Lipinski definition) is 2. The summed E-state index contributed by atoms with van der Waals surface area (Å²) in [5.74, 6) is 1.51. The molecule has 2 aromatic carbocycles. The fourth-order valence-electron chi connectivity index (χ4n) is 8.17. The van der Waals surface area contributed by atoms with E-state index >= 15 is 4.39 Å². The number of phenols is 1. The summed E-state index contributed by atoms with van der Waals surface area (Å²) in [5, 5.41) is 15.3. The summed E-state index contributed by atoms with van der Waals surface area (Å²) in [6.45, 7) is 2.90. The number of aromatic nitrogens is 3.